The third kappa shape index (κ3) is 3.53. The molecule has 0 aliphatic heterocycles. The summed E-state index contributed by atoms with van der Waals surface area (Å²) in [6.07, 6.45) is 1.99. The molecule has 84 valence electrons. The van der Waals surface area contributed by atoms with Crippen LogP contribution in [0.3, 0.4) is 0 Å². The summed E-state index contributed by atoms with van der Waals surface area (Å²) < 4.78 is 13.4. The molecule has 0 heterocycles. The number of amides is 1. The van der Waals surface area contributed by atoms with Crippen molar-refractivity contribution < 1.29 is 19.1 Å². The summed E-state index contributed by atoms with van der Waals surface area (Å²) in [6, 6.07) is 4.01. The highest BCUT2D eigenvalue weighted by Gasteiger charge is 2.02. The second kappa shape index (κ2) is 5.06. The molecule has 1 amide bonds. The molecule has 0 aliphatic carbocycles. The summed E-state index contributed by atoms with van der Waals surface area (Å²) in [7, 11) is 0. The van der Waals surface area contributed by atoms with Crippen molar-refractivity contribution in [3.05, 3.63) is 35.7 Å². The van der Waals surface area contributed by atoms with Crippen molar-refractivity contribution in [1.82, 2.24) is 0 Å². The Morgan fingerprint density at radius 3 is 2.62 bits per heavy atom. The number of nitrogens with one attached hydrogen (secondary N) is 1. The Bertz CT molecular complexity index is 455. The Kier molecular flexibility index (Phi) is 3.77. The maximum Gasteiger partial charge on any atom is 0.328 e. The molecule has 0 saturated carbocycles. The fraction of sp³-hybridized carbons (Fsp3) is 0.0909. The van der Waals surface area contributed by atoms with Gasteiger partial charge in [0.15, 0.2) is 0 Å². The van der Waals surface area contributed by atoms with Gasteiger partial charge < -0.3 is 10.4 Å². The van der Waals surface area contributed by atoms with E-state index in [0.717, 1.165) is 18.2 Å². The molecule has 1 aromatic carbocycles. The molecular formula is C11H10FNO3. The van der Waals surface area contributed by atoms with E-state index in [1.54, 1.807) is 0 Å². The maximum atomic E-state index is 13.4. The zero-order valence-electron chi connectivity index (χ0n) is 8.53. The van der Waals surface area contributed by atoms with Crippen LogP contribution >= 0.6 is 0 Å². The normalized spacial score (nSPS) is 10.4. The lowest BCUT2D eigenvalue weighted by atomic mass is 10.1. The van der Waals surface area contributed by atoms with Gasteiger partial charge in [0, 0.05) is 24.3 Å². The molecule has 2 N–H and O–H groups in total. The van der Waals surface area contributed by atoms with E-state index in [2.05, 4.69) is 5.32 Å². The van der Waals surface area contributed by atoms with Gasteiger partial charge in [0.25, 0.3) is 0 Å². The van der Waals surface area contributed by atoms with E-state index in [-0.39, 0.29) is 11.5 Å². The van der Waals surface area contributed by atoms with Crippen LogP contribution in [0.2, 0.25) is 0 Å². The first-order valence-corrected chi connectivity index (χ1v) is 4.47. The van der Waals surface area contributed by atoms with Gasteiger partial charge in [-0.15, -0.1) is 0 Å². The highest BCUT2D eigenvalue weighted by atomic mass is 19.1. The third-order valence-corrected chi connectivity index (χ3v) is 1.73. The fourth-order valence-corrected chi connectivity index (χ4v) is 1.10. The molecule has 5 heteroatoms. The van der Waals surface area contributed by atoms with Crippen molar-refractivity contribution in [3.63, 3.8) is 0 Å². The molecule has 0 atom stereocenters. The number of halogens is 1. The van der Waals surface area contributed by atoms with Gasteiger partial charge >= 0.3 is 5.97 Å². The van der Waals surface area contributed by atoms with Gasteiger partial charge in [-0.1, -0.05) is 0 Å². The van der Waals surface area contributed by atoms with Crippen molar-refractivity contribution in [3.8, 4) is 0 Å². The SMILES string of the molecule is CC(=O)Nc1ccc(C=CC(=O)O)c(F)c1. The zero-order valence-corrected chi connectivity index (χ0v) is 8.53. The van der Waals surface area contributed by atoms with Crippen LogP contribution in [-0.4, -0.2) is 17.0 Å². The monoisotopic (exact) mass is 223 g/mol. The van der Waals surface area contributed by atoms with Crippen molar-refractivity contribution in [2.24, 2.45) is 0 Å². The van der Waals surface area contributed by atoms with Crippen LogP contribution in [0.5, 0.6) is 0 Å². The van der Waals surface area contributed by atoms with Crippen molar-refractivity contribution in [1.29, 1.82) is 0 Å². The van der Waals surface area contributed by atoms with Crippen molar-refractivity contribution in [2.75, 3.05) is 5.32 Å². The predicted molar refractivity (Wildman–Crippen MR) is 57.4 cm³/mol. The van der Waals surface area contributed by atoms with Gasteiger partial charge in [0.1, 0.15) is 5.82 Å². The number of benzene rings is 1. The van der Waals surface area contributed by atoms with Crippen LogP contribution in [-0.2, 0) is 9.59 Å². The third-order valence-electron chi connectivity index (χ3n) is 1.73. The topological polar surface area (TPSA) is 66.4 Å². The van der Waals surface area contributed by atoms with Crippen LogP contribution in [0.4, 0.5) is 10.1 Å². The lowest BCUT2D eigenvalue weighted by molar-refractivity contribution is -0.131. The van der Waals surface area contributed by atoms with Gasteiger partial charge in [-0.2, -0.15) is 0 Å². The van der Waals surface area contributed by atoms with E-state index in [9.17, 15) is 14.0 Å². The Labute approximate surface area is 91.4 Å². The maximum absolute atomic E-state index is 13.4. The zero-order chi connectivity index (χ0) is 12.1. The molecule has 16 heavy (non-hydrogen) atoms. The number of hydrogen-bond donors (Lipinski definition) is 2. The van der Waals surface area contributed by atoms with Gasteiger partial charge in [0.05, 0.1) is 0 Å². The van der Waals surface area contributed by atoms with Crippen molar-refractivity contribution >= 4 is 23.6 Å². The standard InChI is InChI=1S/C11H10FNO3/c1-7(14)13-9-4-2-8(10(12)6-9)3-5-11(15)16/h2-6H,1H3,(H,13,14)(H,15,16). The molecule has 0 spiro atoms. The minimum absolute atomic E-state index is 0.150. The highest BCUT2D eigenvalue weighted by molar-refractivity contribution is 5.89. The largest absolute Gasteiger partial charge is 0.478 e. The minimum Gasteiger partial charge on any atom is -0.478 e. The Balaban J connectivity index is 2.91. The Morgan fingerprint density at radius 1 is 1.44 bits per heavy atom. The number of carboxylic acids is 1. The first-order chi connectivity index (χ1) is 7.49. The van der Waals surface area contributed by atoms with E-state index in [1.807, 2.05) is 0 Å². The molecule has 4 nitrogen and oxygen atoms in total. The first-order valence-electron chi connectivity index (χ1n) is 4.47. The van der Waals surface area contributed by atoms with E-state index < -0.39 is 11.8 Å². The van der Waals surface area contributed by atoms with Crippen LogP contribution in [0.25, 0.3) is 6.08 Å². The number of hydrogen-bond acceptors (Lipinski definition) is 2. The van der Waals surface area contributed by atoms with Crippen LogP contribution < -0.4 is 5.32 Å². The van der Waals surface area contributed by atoms with Gasteiger partial charge in [-0.25, -0.2) is 9.18 Å². The number of carbonyl (C=O) groups excluding carboxylic acids is 1. The van der Waals surface area contributed by atoms with Gasteiger partial charge in [-0.05, 0) is 24.3 Å². The van der Waals surface area contributed by atoms with E-state index in [0.29, 0.717) is 5.69 Å². The Hall–Kier alpha value is -2.17. The average molecular weight is 223 g/mol. The van der Waals surface area contributed by atoms with Crippen LogP contribution in [0.15, 0.2) is 24.3 Å². The van der Waals surface area contributed by atoms with E-state index >= 15 is 0 Å². The van der Waals surface area contributed by atoms with Crippen LogP contribution in [0, 0.1) is 5.82 Å². The number of carbonyl (C=O) groups is 2. The highest BCUT2D eigenvalue weighted by Crippen LogP contribution is 2.15. The minimum atomic E-state index is -1.15. The second-order valence-corrected chi connectivity index (χ2v) is 3.09. The van der Waals surface area contributed by atoms with E-state index in [4.69, 9.17) is 5.11 Å². The average Bonchev–Trinajstić information content (AvgIpc) is 2.15. The summed E-state index contributed by atoms with van der Waals surface area (Å²) in [4.78, 5) is 20.9. The first kappa shape index (κ1) is 11.9. The molecule has 0 aromatic heterocycles. The number of aliphatic carboxylic acids is 1. The summed E-state index contributed by atoms with van der Waals surface area (Å²) in [5.74, 6) is -2.04. The number of rotatable bonds is 3. The van der Waals surface area contributed by atoms with Crippen LogP contribution in [0.1, 0.15) is 12.5 Å². The van der Waals surface area contributed by atoms with Gasteiger partial charge in [0.2, 0.25) is 5.91 Å². The van der Waals surface area contributed by atoms with E-state index in [1.165, 1.54) is 19.1 Å². The quantitative estimate of drug-likeness (QED) is 0.769. The molecule has 1 rings (SSSR count). The van der Waals surface area contributed by atoms with Gasteiger partial charge in [-0.3, -0.25) is 4.79 Å². The molecule has 0 unspecified atom stereocenters. The lowest BCUT2D eigenvalue weighted by Crippen LogP contribution is -2.05. The smallest absolute Gasteiger partial charge is 0.328 e. The molecule has 0 radical (unpaired) electrons. The predicted octanol–water partition coefficient (Wildman–Crippen LogP) is 1.88. The molecule has 0 saturated heterocycles. The molecule has 1 aromatic rings. The molecule has 0 fully saturated rings. The lowest BCUT2D eigenvalue weighted by Gasteiger charge is -2.03. The summed E-state index contributed by atoms with van der Waals surface area (Å²) in [6.45, 7) is 1.32. The second-order valence-electron chi connectivity index (χ2n) is 3.09. The fourth-order valence-electron chi connectivity index (χ4n) is 1.10. The summed E-state index contributed by atoms with van der Waals surface area (Å²) >= 11 is 0. The molecule has 0 bridgehead atoms. The summed E-state index contributed by atoms with van der Waals surface area (Å²) in [5.41, 5.74) is 0.481. The number of anilines is 1. The molecular weight excluding hydrogens is 213 g/mol. The number of carboxylic acid groups (broad SMARTS) is 1. The summed E-state index contributed by atoms with van der Waals surface area (Å²) in [5, 5.41) is 10.8. The van der Waals surface area contributed by atoms with Crippen molar-refractivity contribution in [2.45, 2.75) is 6.92 Å². The Morgan fingerprint density at radius 2 is 2.12 bits per heavy atom. The molecule has 0 aliphatic rings.